The van der Waals surface area contributed by atoms with Gasteiger partial charge in [-0.1, -0.05) is 12.1 Å². The summed E-state index contributed by atoms with van der Waals surface area (Å²) in [7, 11) is 0. The number of carbonyl (C=O) groups is 2. The summed E-state index contributed by atoms with van der Waals surface area (Å²) in [5, 5.41) is 0. The van der Waals surface area contributed by atoms with Gasteiger partial charge in [-0.25, -0.2) is 0 Å². The van der Waals surface area contributed by atoms with Crippen molar-refractivity contribution in [1.29, 1.82) is 0 Å². The standard InChI is InChI=1S/C21H29N3O3/c1-15-9-10-16(2)24(15)17-6-5-11-22(12-17)20(25)13-23-18-7-3-4-8-19(18)27-14-21(23)26/h3-4,7-8,15-17H,5-6,9-14H2,1-2H3/t15-,16+,17-/m0/s1. The molecular weight excluding hydrogens is 342 g/mol. The van der Waals surface area contributed by atoms with E-state index in [4.69, 9.17) is 4.74 Å². The van der Waals surface area contributed by atoms with Crippen LogP contribution in [0.2, 0.25) is 0 Å². The van der Waals surface area contributed by atoms with Crippen LogP contribution in [0.5, 0.6) is 5.75 Å². The fraction of sp³-hybridized carbons (Fsp3) is 0.619. The Hall–Kier alpha value is -2.08. The van der Waals surface area contributed by atoms with E-state index in [1.807, 2.05) is 29.2 Å². The molecule has 146 valence electrons. The molecule has 0 aliphatic carbocycles. The predicted octanol–water partition coefficient (Wildman–Crippen LogP) is 2.28. The molecule has 3 heterocycles. The van der Waals surface area contributed by atoms with Crippen LogP contribution in [0.15, 0.2) is 24.3 Å². The van der Waals surface area contributed by atoms with Crippen LogP contribution in [0, 0.1) is 0 Å². The first-order valence-corrected chi connectivity index (χ1v) is 10.1. The van der Waals surface area contributed by atoms with Gasteiger partial charge in [0.15, 0.2) is 6.61 Å². The van der Waals surface area contributed by atoms with Crippen molar-refractivity contribution in [2.24, 2.45) is 0 Å². The van der Waals surface area contributed by atoms with E-state index in [1.165, 1.54) is 12.8 Å². The fourth-order valence-corrected chi connectivity index (χ4v) is 4.92. The minimum absolute atomic E-state index is 0.00424. The molecule has 3 atom stereocenters. The van der Waals surface area contributed by atoms with Crippen LogP contribution in [-0.2, 0) is 9.59 Å². The largest absolute Gasteiger partial charge is 0.482 e. The predicted molar refractivity (Wildman–Crippen MR) is 104 cm³/mol. The van der Waals surface area contributed by atoms with Gasteiger partial charge in [-0.15, -0.1) is 0 Å². The third-order valence-corrected chi connectivity index (χ3v) is 6.29. The summed E-state index contributed by atoms with van der Waals surface area (Å²) >= 11 is 0. The van der Waals surface area contributed by atoms with Crippen LogP contribution in [0.25, 0.3) is 0 Å². The number of ether oxygens (including phenoxy) is 1. The Bertz CT molecular complexity index is 712. The lowest BCUT2D eigenvalue weighted by Crippen LogP contribution is -2.54. The molecule has 27 heavy (non-hydrogen) atoms. The maximum atomic E-state index is 13.0. The summed E-state index contributed by atoms with van der Waals surface area (Å²) in [5.41, 5.74) is 0.692. The Morgan fingerprint density at radius 1 is 1.15 bits per heavy atom. The van der Waals surface area contributed by atoms with E-state index in [0.29, 0.717) is 29.6 Å². The van der Waals surface area contributed by atoms with Gasteiger partial charge < -0.3 is 9.64 Å². The molecule has 0 unspecified atom stereocenters. The highest BCUT2D eigenvalue weighted by molar-refractivity contribution is 6.02. The van der Waals surface area contributed by atoms with Gasteiger partial charge in [-0.2, -0.15) is 0 Å². The summed E-state index contributed by atoms with van der Waals surface area (Å²) in [6.45, 7) is 6.24. The van der Waals surface area contributed by atoms with Crippen molar-refractivity contribution in [3.05, 3.63) is 24.3 Å². The summed E-state index contributed by atoms with van der Waals surface area (Å²) < 4.78 is 5.48. The molecule has 1 aromatic carbocycles. The third-order valence-electron chi connectivity index (χ3n) is 6.29. The van der Waals surface area contributed by atoms with E-state index in [9.17, 15) is 9.59 Å². The molecule has 0 N–H and O–H groups in total. The SMILES string of the molecule is C[C@@H]1CC[C@H](C)N1[C@H]1CCCN(C(=O)CN2C(=O)COc3ccccc32)C1. The second-order valence-electron chi connectivity index (χ2n) is 8.09. The molecule has 0 bridgehead atoms. The lowest BCUT2D eigenvalue weighted by molar-refractivity contribution is -0.134. The maximum Gasteiger partial charge on any atom is 0.265 e. The lowest BCUT2D eigenvalue weighted by Gasteiger charge is -2.42. The van der Waals surface area contributed by atoms with Crippen LogP contribution in [-0.4, -0.2) is 66.0 Å². The quantitative estimate of drug-likeness (QED) is 0.818. The van der Waals surface area contributed by atoms with Crippen LogP contribution < -0.4 is 9.64 Å². The smallest absolute Gasteiger partial charge is 0.265 e. The Morgan fingerprint density at radius 3 is 2.67 bits per heavy atom. The number of hydrogen-bond donors (Lipinski definition) is 0. The Morgan fingerprint density at radius 2 is 1.89 bits per heavy atom. The first-order chi connectivity index (χ1) is 13.0. The summed E-state index contributed by atoms with van der Waals surface area (Å²) in [6, 6.07) is 9.04. The molecular formula is C21H29N3O3. The normalized spacial score (nSPS) is 28.8. The molecule has 2 amide bonds. The molecule has 0 spiro atoms. The minimum Gasteiger partial charge on any atom is -0.482 e. The molecule has 0 saturated carbocycles. The van der Waals surface area contributed by atoms with Crippen LogP contribution in [0.4, 0.5) is 5.69 Å². The number of likely N-dealkylation sites (tertiary alicyclic amines) is 2. The molecule has 2 fully saturated rings. The Labute approximate surface area is 161 Å². The number of anilines is 1. The number of benzene rings is 1. The Balaban J connectivity index is 1.45. The Kier molecular flexibility index (Phi) is 5.08. The van der Waals surface area contributed by atoms with Gasteiger partial charge in [0, 0.05) is 31.2 Å². The van der Waals surface area contributed by atoms with E-state index >= 15 is 0 Å². The number of amides is 2. The van der Waals surface area contributed by atoms with E-state index < -0.39 is 0 Å². The zero-order chi connectivity index (χ0) is 19.0. The summed E-state index contributed by atoms with van der Waals surface area (Å²) in [5.74, 6) is 0.544. The minimum atomic E-state index is -0.155. The molecule has 4 rings (SSSR count). The molecule has 2 saturated heterocycles. The van der Waals surface area contributed by atoms with Crippen molar-refractivity contribution in [1.82, 2.24) is 9.80 Å². The van der Waals surface area contributed by atoms with Crippen molar-refractivity contribution in [2.75, 3.05) is 31.1 Å². The number of para-hydroxylation sites is 2. The first kappa shape index (κ1) is 18.3. The van der Waals surface area contributed by atoms with Gasteiger partial charge in [0.05, 0.1) is 5.69 Å². The van der Waals surface area contributed by atoms with E-state index in [2.05, 4.69) is 18.7 Å². The van der Waals surface area contributed by atoms with Crippen molar-refractivity contribution in [3.8, 4) is 5.75 Å². The monoisotopic (exact) mass is 371 g/mol. The number of hydrogen-bond acceptors (Lipinski definition) is 4. The zero-order valence-corrected chi connectivity index (χ0v) is 16.3. The van der Waals surface area contributed by atoms with Gasteiger partial charge in [0.1, 0.15) is 12.3 Å². The second-order valence-corrected chi connectivity index (χ2v) is 8.09. The molecule has 1 aromatic rings. The van der Waals surface area contributed by atoms with Crippen LogP contribution >= 0.6 is 0 Å². The molecule has 6 nitrogen and oxygen atoms in total. The lowest BCUT2D eigenvalue weighted by atomic mass is 10.0. The van der Waals surface area contributed by atoms with Crippen LogP contribution in [0.1, 0.15) is 39.5 Å². The number of fused-ring (bicyclic) bond motifs is 1. The highest BCUT2D eigenvalue weighted by Crippen LogP contribution is 2.32. The van der Waals surface area contributed by atoms with Gasteiger partial charge in [0.25, 0.3) is 5.91 Å². The first-order valence-electron chi connectivity index (χ1n) is 10.1. The third kappa shape index (κ3) is 3.55. The van der Waals surface area contributed by atoms with Gasteiger partial charge in [-0.3, -0.25) is 19.4 Å². The maximum absolute atomic E-state index is 13.0. The highest BCUT2D eigenvalue weighted by atomic mass is 16.5. The molecule has 6 heteroatoms. The molecule has 0 aromatic heterocycles. The average Bonchev–Trinajstić information content (AvgIpc) is 3.02. The summed E-state index contributed by atoms with van der Waals surface area (Å²) in [6.07, 6.45) is 4.66. The highest BCUT2D eigenvalue weighted by Gasteiger charge is 2.37. The van der Waals surface area contributed by atoms with Crippen molar-refractivity contribution < 1.29 is 14.3 Å². The molecule has 3 aliphatic rings. The van der Waals surface area contributed by atoms with Gasteiger partial charge in [0.2, 0.25) is 5.91 Å². The number of nitrogens with zero attached hydrogens (tertiary/aromatic N) is 3. The van der Waals surface area contributed by atoms with Crippen LogP contribution in [0.3, 0.4) is 0 Å². The molecule has 0 radical (unpaired) electrons. The molecule has 3 aliphatic heterocycles. The average molecular weight is 371 g/mol. The zero-order valence-electron chi connectivity index (χ0n) is 16.3. The number of rotatable bonds is 3. The van der Waals surface area contributed by atoms with Gasteiger partial charge >= 0.3 is 0 Å². The van der Waals surface area contributed by atoms with E-state index in [1.54, 1.807) is 4.90 Å². The van der Waals surface area contributed by atoms with Crippen molar-refractivity contribution >= 4 is 17.5 Å². The van der Waals surface area contributed by atoms with Crippen molar-refractivity contribution in [3.63, 3.8) is 0 Å². The summed E-state index contributed by atoms with van der Waals surface area (Å²) in [4.78, 5) is 31.5. The fourth-order valence-electron chi connectivity index (χ4n) is 4.92. The number of carbonyl (C=O) groups excluding carboxylic acids is 2. The van der Waals surface area contributed by atoms with Gasteiger partial charge in [-0.05, 0) is 51.7 Å². The van der Waals surface area contributed by atoms with E-state index in [-0.39, 0.29) is 25.0 Å². The number of piperidine rings is 1. The topological polar surface area (TPSA) is 53.1 Å². The second kappa shape index (κ2) is 7.50. The van der Waals surface area contributed by atoms with E-state index in [0.717, 1.165) is 25.9 Å². The van der Waals surface area contributed by atoms with Crippen molar-refractivity contribution in [2.45, 2.75) is 57.7 Å².